The summed E-state index contributed by atoms with van der Waals surface area (Å²) in [6.07, 6.45) is 4.71. The summed E-state index contributed by atoms with van der Waals surface area (Å²) in [5.74, 6) is 0.201. The molecule has 0 aliphatic carbocycles. The van der Waals surface area contributed by atoms with Crippen LogP contribution in [0.1, 0.15) is 80.1 Å². The summed E-state index contributed by atoms with van der Waals surface area (Å²) in [5, 5.41) is 20.8. The van der Waals surface area contributed by atoms with Crippen molar-refractivity contribution in [3.8, 4) is 6.07 Å². The lowest BCUT2D eigenvalue weighted by atomic mass is 9.62. The molecule has 3 saturated heterocycles. The van der Waals surface area contributed by atoms with Crippen molar-refractivity contribution >= 4 is 5.91 Å². The molecule has 0 saturated carbocycles. The van der Waals surface area contributed by atoms with Gasteiger partial charge >= 0.3 is 0 Å². The standard InChI is InChI=1S/C23H39N3O3/c1-21(2,14-19(28)26-12-7-9-16-20(26)29-16)17(25-11-8-10-18(25)27)13-22(3,4)23(5,6)15-24/h16-17,19-20,28H,7-14H2,1-6H3. The summed E-state index contributed by atoms with van der Waals surface area (Å²) < 4.78 is 5.71. The average Bonchev–Trinajstić information content (AvgIpc) is 3.32. The van der Waals surface area contributed by atoms with E-state index in [1.54, 1.807) is 0 Å². The zero-order chi connectivity index (χ0) is 21.6. The lowest BCUT2D eigenvalue weighted by Crippen LogP contribution is -2.53. The second-order valence-corrected chi connectivity index (χ2v) is 11.1. The van der Waals surface area contributed by atoms with Crippen LogP contribution in [0.25, 0.3) is 0 Å². The topological polar surface area (TPSA) is 80.1 Å². The first kappa shape index (κ1) is 22.5. The lowest BCUT2D eigenvalue weighted by Gasteiger charge is -2.48. The second kappa shape index (κ2) is 7.83. The monoisotopic (exact) mass is 405 g/mol. The Hall–Kier alpha value is -1.16. The molecule has 0 aromatic carbocycles. The molecular weight excluding hydrogens is 366 g/mol. The SMILES string of the molecule is CC(C)(CC(O)N1CCCC2OC21)C(CC(C)(C)C(C)(C)C#N)N1CCCC1=O. The smallest absolute Gasteiger partial charge is 0.222 e. The van der Waals surface area contributed by atoms with Crippen LogP contribution in [0.3, 0.4) is 0 Å². The normalized spacial score (nSPS) is 28.1. The number of fused-ring (bicyclic) bond motifs is 1. The first-order valence-electron chi connectivity index (χ1n) is 11.2. The zero-order valence-corrected chi connectivity index (χ0v) is 19.1. The molecular formula is C23H39N3O3. The van der Waals surface area contributed by atoms with Crippen molar-refractivity contribution in [1.82, 2.24) is 9.80 Å². The Bertz CT molecular complexity index is 667. The van der Waals surface area contributed by atoms with Crippen molar-refractivity contribution in [3.63, 3.8) is 0 Å². The van der Waals surface area contributed by atoms with E-state index in [1.165, 1.54) is 0 Å². The number of carbonyl (C=O) groups is 1. The van der Waals surface area contributed by atoms with Crippen LogP contribution in [0, 0.1) is 27.6 Å². The Labute approximate surface area is 176 Å². The molecule has 164 valence electrons. The summed E-state index contributed by atoms with van der Waals surface area (Å²) in [4.78, 5) is 16.8. The molecule has 1 amide bonds. The Morgan fingerprint density at radius 3 is 2.45 bits per heavy atom. The molecule has 3 rings (SSSR count). The summed E-state index contributed by atoms with van der Waals surface area (Å²) >= 11 is 0. The highest BCUT2D eigenvalue weighted by molar-refractivity contribution is 5.78. The van der Waals surface area contributed by atoms with Gasteiger partial charge in [0.15, 0.2) is 0 Å². The van der Waals surface area contributed by atoms with Gasteiger partial charge in [0.05, 0.1) is 17.6 Å². The number of nitrogens with zero attached hydrogens (tertiary/aromatic N) is 3. The Balaban J connectivity index is 1.80. The van der Waals surface area contributed by atoms with Gasteiger partial charge in [0.2, 0.25) is 5.91 Å². The maximum atomic E-state index is 12.7. The van der Waals surface area contributed by atoms with E-state index in [4.69, 9.17) is 4.74 Å². The van der Waals surface area contributed by atoms with E-state index < -0.39 is 11.6 Å². The van der Waals surface area contributed by atoms with Crippen LogP contribution < -0.4 is 0 Å². The maximum absolute atomic E-state index is 12.7. The van der Waals surface area contributed by atoms with E-state index in [9.17, 15) is 15.2 Å². The highest BCUT2D eigenvalue weighted by Crippen LogP contribution is 2.47. The summed E-state index contributed by atoms with van der Waals surface area (Å²) in [5.41, 5.74) is -1.07. The minimum Gasteiger partial charge on any atom is -0.378 e. The fourth-order valence-electron chi connectivity index (χ4n) is 4.98. The first-order chi connectivity index (χ1) is 13.4. The molecule has 4 unspecified atom stereocenters. The van der Waals surface area contributed by atoms with Gasteiger partial charge in [-0.1, -0.05) is 27.7 Å². The summed E-state index contributed by atoms with van der Waals surface area (Å²) in [7, 11) is 0. The molecule has 0 spiro atoms. The second-order valence-electron chi connectivity index (χ2n) is 11.1. The van der Waals surface area contributed by atoms with Crippen molar-refractivity contribution < 1.29 is 14.6 Å². The molecule has 3 fully saturated rings. The molecule has 3 aliphatic rings. The third-order valence-corrected chi connectivity index (χ3v) is 7.94. The predicted octanol–water partition coefficient (Wildman–Crippen LogP) is 3.50. The number of hydrogen-bond acceptors (Lipinski definition) is 5. The van der Waals surface area contributed by atoms with Gasteiger partial charge in [0, 0.05) is 25.6 Å². The molecule has 3 heterocycles. The van der Waals surface area contributed by atoms with E-state index in [0.717, 1.165) is 38.8 Å². The molecule has 0 aromatic heterocycles. The number of ether oxygens (including phenoxy) is 1. The number of likely N-dealkylation sites (tertiary alicyclic amines) is 2. The number of aliphatic hydroxyl groups is 1. The van der Waals surface area contributed by atoms with E-state index in [1.807, 2.05) is 18.7 Å². The van der Waals surface area contributed by atoms with Crippen LogP contribution in [-0.2, 0) is 9.53 Å². The Morgan fingerprint density at radius 2 is 1.86 bits per heavy atom. The van der Waals surface area contributed by atoms with Crippen LogP contribution in [-0.4, -0.2) is 58.5 Å². The van der Waals surface area contributed by atoms with Crippen molar-refractivity contribution in [2.45, 2.75) is 105 Å². The summed E-state index contributed by atoms with van der Waals surface area (Å²) in [6, 6.07) is 2.45. The molecule has 1 N–H and O–H groups in total. The molecule has 0 aromatic rings. The van der Waals surface area contributed by atoms with Crippen molar-refractivity contribution in [3.05, 3.63) is 0 Å². The van der Waals surface area contributed by atoms with Crippen molar-refractivity contribution in [2.75, 3.05) is 13.1 Å². The fraction of sp³-hybridized carbons (Fsp3) is 0.913. The molecule has 6 heteroatoms. The molecule has 0 radical (unpaired) electrons. The third-order valence-electron chi connectivity index (χ3n) is 7.94. The van der Waals surface area contributed by atoms with Gasteiger partial charge in [0.1, 0.15) is 12.5 Å². The zero-order valence-electron chi connectivity index (χ0n) is 19.1. The van der Waals surface area contributed by atoms with E-state index in [0.29, 0.717) is 12.8 Å². The molecule has 29 heavy (non-hydrogen) atoms. The molecule has 3 aliphatic heterocycles. The lowest BCUT2D eigenvalue weighted by molar-refractivity contribution is -0.135. The number of piperidine rings is 1. The van der Waals surface area contributed by atoms with Crippen molar-refractivity contribution in [1.29, 1.82) is 5.26 Å². The van der Waals surface area contributed by atoms with Crippen LogP contribution in [0.5, 0.6) is 0 Å². The highest BCUT2D eigenvalue weighted by Gasteiger charge is 2.51. The van der Waals surface area contributed by atoms with Gasteiger partial charge < -0.3 is 14.7 Å². The molecule has 6 nitrogen and oxygen atoms in total. The number of rotatable bonds is 8. The Kier molecular flexibility index (Phi) is 6.08. The van der Waals surface area contributed by atoms with E-state index in [-0.39, 0.29) is 35.1 Å². The van der Waals surface area contributed by atoms with Gasteiger partial charge in [-0.3, -0.25) is 9.69 Å². The Morgan fingerprint density at radius 1 is 1.17 bits per heavy atom. The van der Waals surface area contributed by atoms with Gasteiger partial charge in [0.25, 0.3) is 0 Å². The maximum Gasteiger partial charge on any atom is 0.222 e. The number of amides is 1. The highest BCUT2D eigenvalue weighted by atomic mass is 16.6. The van der Waals surface area contributed by atoms with Crippen LogP contribution in [0.2, 0.25) is 0 Å². The number of aliphatic hydroxyl groups excluding tert-OH is 1. The van der Waals surface area contributed by atoms with Crippen LogP contribution >= 0.6 is 0 Å². The van der Waals surface area contributed by atoms with Crippen LogP contribution in [0.15, 0.2) is 0 Å². The fourth-order valence-corrected chi connectivity index (χ4v) is 4.98. The molecule has 4 atom stereocenters. The summed E-state index contributed by atoms with van der Waals surface area (Å²) in [6.45, 7) is 14.2. The minimum atomic E-state index is -0.576. The number of carbonyl (C=O) groups excluding carboxylic acids is 1. The average molecular weight is 406 g/mol. The van der Waals surface area contributed by atoms with Gasteiger partial charge in [-0.15, -0.1) is 0 Å². The number of epoxide rings is 1. The predicted molar refractivity (Wildman–Crippen MR) is 112 cm³/mol. The largest absolute Gasteiger partial charge is 0.378 e. The molecule has 0 bridgehead atoms. The van der Waals surface area contributed by atoms with Gasteiger partial charge in [-0.05, 0) is 56.8 Å². The third kappa shape index (κ3) is 4.47. The quantitative estimate of drug-likeness (QED) is 0.625. The number of nitriles is 1. The minimum absolute atomic E-state index is 0.0181. The van der Waals surface area contributed by atoms with E-state index >= 15 is 0 Å². The van der Waals surface area contributed by atoms with Gasteiger partial charge in [-0.25, -0.2) is 0 Å². The van der Waals surface area contributed by atoms with Crippen molar-refractivity contribution in [2.24, 2.45) is 16.2 Å². The number of hydrogen-bond donors (Lipinski definition) is 1. The van der Waals surface area contributed by atoms with Crippen LogP contribution in [0.4, 0.5) is 0 Å². The van der Waals surface area contributed by atoms with Gasteiger partial charge in [-0.2, -0.15) is 5.26 Å². The first-order valence-corrected chi connectivity index (χ1v) is 11.2. The van der Waals surface area contributed by atoms with E-state index in [2.05, 4.69) is 38.7 Å².